The molecular weight excluding hydrogens is 419 g/mol. The van der Waals surface area contributed by atoms with E-state index >= 15 is 0 Å². The molecule has 3 heterocycles. The van der Waals surface area contributed by atoms with Gasteiger partial charge in [0.2, 0.25) is 0 Å². The van der Waals surface area contributed by atoms with Gasteiger partial charge in [-0.1, -0.05) is 23.9 Å². The molecule has 29 heavy (non-hydrogen) atoms. The van der Waals surface area contributed by atoms with Crippen LogP contribution in [0.3, 0.4) is 0 Å². The zero-order valence-corrected chi connectivity index (χ0v) is 17.2. The third kappa shape index (κ3) is 4.41. The molecule has 3 aromatic rings. The van der Waals surface area contributed by atoms with Gasteiger partial charge in [-0.25, -0.2) is 4.98 Å². The molecule has 1 aliphatic heterocycles. The number of halogens is 3. The highest BCUT2D eigenvalue weighted by Crippen LogP contribution is 2.33. The van der Waals surface area contributed by atoms with E-state index in [-0.39, 0.29) is 5.56 Å². The molecule has 0 amide bonds. The van der Waals surface area contributed by atoms with Gasteiger partial charge in [-0.2, -0.15) is 13.2 Å². The van der Waals surface area contributed by atoms with Crippen molar-refractivity contribution < 1.29 is 13.2 Å². The molecule has 0 radical (unpaired) electrons. The van der Waals surface area contributed by atoms with Crippen LogP contribution >= 0.6 is 23.1 Å². The first-order valence-electron chi connectivity index (χ1n) is 8.98. The van der Waals surface area contributed by atoms with Crippen molar-refractivity contribution in [2.45, 2.75) is 30.8 Å². The summed E-state index contributed by atoms with van der Waals surface area (Å²) in [7, 11) is 0. The summed E-state index contributed by atoms with van der Waals surface area (Å²) >= 11 is 2.98. The van der Waals surface area contributed by atoms with E-state index in [1.54, 1.807) is 11.3 Å². The van der Waals surface area contributed by atoms with Gasteiger partial charge in [0, 0.05) is 35.8 Å². The standard InChI is InChI=1S/C20H18F3N3OS2/c1-28-19-24-16-8-9-26(11-15(16)18(27)25-19)10-14-6-7-17(29-14)12-2-4-13(5-3-12)20(21,22)23/h2-7H,8-11H2,1H3,(H,24,25,27). The van der Waals surface area contributed by atoms with Crippen LogP contribution in [0.5, 0.6) is 0 Å². The quantitative estimate of drug-likeness (QED) is 0.471. The Morgan fingerprint density at radius 1 is 1.21 bits per heavy atom. The first-order valence-corrected chi connectivity index (χ1v) is 11.0. The van der Waals surface area contributed by atoms with Gasteiger partial charge in [0.1, 0.15) is 0 Å². The third-order valence-electron chi connectivity index (χ3n) is 4.86. The van der Waals surface area contributed by atoms with Crippen LogP contribution in [0.1, 0.15) is 21.7 Å². The van der Waals surface area contributed by atoms with Gasteiger partial charge in [0.15, 0.2) is 5.16 Å². The van der Waals surface area contributed by atoms with Gasteiger partial charge in [0.05, 0.1) is 16.8 Å². The molecule has 0 saturated heterocycles. The molecule has 2 aromatic heterocycles. The molecule has 4 rings (SSSR count). The molecule has 0 saturated carbocycles. The second kappa shape index (κ2) is 7.97. The average molecular weight is 438 g/mol. The largest absolute Gasteiger partial charge is 0.416 e. The Bertz CT molecular complexity index is 1070. The molecule has 0 spiro atoms. The molecule has 152 valence electrons. The van der Waals surface area contributed by atoms with Gasteiger partial charge in [0.25, 0.3) is 5.56 Å². The number of thiophene rings is 1. The van der Waals surface area contributed by atoms with Crippen LogP contribution in [0.2, 0.25) is 0 Å². The highest BCUT2D eigenvalue weighted by molar-refractivity contribution is 7.98. The third-order valence-corrected chi connectivity index (χ3v) is 6.56. The van der Waals surface area contributed by atoms with Crippen LogP contribution in [0, 0.1) is 0 Å². The van der Waals surface area contributed by atoms with Crippen LogP contribution in [-0.2, 0) is 25.7 Å². The Balaban J connectivity index is 1.47. The maximum Gasteiger partial charge on any atom is 0.416 e. The SMILES string of the molecule is CSc1nc2c(c(=O)[nH]1)CN(Cc1ccc(-c3ccc(C(F)(F)F)cc3)s1)CC2. The first-order chi connectivity index (χ1) is 13.8. The zero-order valence-electron chi connectivity index (χ0n) is 15.5. The number of hydrogen-bond donors (Lipinski definition) is 1. The molecule has 0 atom stereocenters. The van der Waals surface area contributed by atoms with Gasteiger partial charge < -0.3 is 4.98 Å². The second-order valence-corrected chi connectivity index (χ2v) is 8.77. The predicted octanol–water partition coefficient (Wildman–Crippen LogP) is 4.80. The number of H-pyrrole nitrogens is 1. The molecular formula is C20H18F3N3OS2. The van der Waals surface area contributed by atoms with Crippen LogP contribution in [0.25, 0.3) is 10.4 Å². The van der Waals surface area contributed by atoms with Gasteiger partial charge in [-0.3, -0.25) is 9.69 Å². The minimum atomic E-state index is -4.33. The summed E-state index contributed by atoms with van der Waals surface area (Å²) < 4.78 is 38.2. The number of aromatic amines is 1. The lowest BCUT2D eigenvalue weighted by molar-refractivity contribution is -0.137. The molecule has 4 nitrogen and oxygen atoms in total. The van der Waals surface area contributed by atoms with E-state index in [4.69, 9.17) is 0 Å². The number of thioether (sulfide) groups is 1. The van der Waals surface area contributed by atoms with Crippen molar-refractivity contribution in [3.63, 3.8) is 0 Å². The summed E-state index contributed by atoms with van der Waals surface area (Å²) in [5.41, 5.74) is 1.62. The number of rotatable bonds is 4. The lowest BCUT2D eigenvalue weighted by Gasteiger charge is -2.27. The maximum atomic E-state index is 12.7. The lowest BCUT2D eigenvalue weighted by Crippen LogP contribution is -2.35. The summed E-state index contributed by atoms with van der Waals surface area (Å²) in [6.07, 6.45) is -1.72. The number of fused-ring (bicyclic) bond motifs is 1. The molecule has 1 N–H and O–H groups in total. The van der Waals surface area contributed by atoms with Crippen molar-refractivity contribution in [2.24, 2.45) is 0 Å². The van der Waals surface area contributed by atoms with Crippen LogP contribution in [0.15, 0.2) is 46.3 Å². The number of aromatic nitrogens is 2. The Morgan fingerprint density at radius 3 is 2.66 bits per heavy atom. The molecule has 1 aliphatic rings. The molecule has 0 bridgehead atoms. The number of benzene rings is 1. The number of alkyl halides is 3. The summed E-state index contributed by atoms with van der Waals surface area (Å²) in [6.45, 7) is 2.04. The highest BCUT2D eigenvalue weighted by Gasteiger charge is 2.30. The Morgan fingerprint density at radius 2 is 1.97 bits per heavy atom. The van der Waals surface area contributed by atoms with Crippen molar-refractivity contribution >= 4 is 23.1 Å². The fourth-order valence-electron chi connectivity index (χ4n) is 3.35. The van der Waals surface area contributed by atoms with Crippen molar-refractivity contribution in [2.75, 3.05) is 12.8 Å². The topological polar surface area (TPSA) is 49.0 Å². The summed E-state index contributed by atoms with van der Waals surface area (Å²) in [6, 6.07) is 9.15. The predicted molar refractivity (Wildman–Crippen MR) is 109 cm³/mol. The fourth-order valence-corrected chi connectivity index (χ4v) is 4.80. The molecule has 0 aliphatic carbocycles. The van der Waals surface area contributed by atoms with Gasteiger partial charge in [-0.05, 0) is 36.1 Å². The molecule has 0 fully saturated rings. The normalized spacial score (nSPS) is 14.8. The Labute approximate surface area is 173 Å². The van der Waals surface area contributed by atoms with Crippen molar-refractivity contribution in [3.8, 4) is 10.4 Å². The molecule has 1 aromatic carbocycles. The fraction of sp³-hybridized carbons (Fsp3) is 0.300. The number of nitrogens with one attached hydrogen (secondary N) is 1. The number of hydrogen-bond acceptors (Lipinski definition) is 5. The minimum absolute atomic E-state index is 0.0827. The van der Waals surface area contributed by atoms with Gasteiger partial charge >= 0.3 is 6.18 Å². The summed E-state index contributed by atoms with van der Waals surface area (Å²) in [4.78, 5) is 23.8. The smallest absolute Gasteiger partial charge is 0.301 e. The van der Waals surface area contributed by atoms with E-state index in [1.807, 2.05) is 18.4 Å². The monoisotopic (exact) mass is 437 g/mol. The van der Waals surface area contributed by atoms with Gasteiger partial charge in [-0.15, -0.1) is 11.3 Å². The minimum Gasteiger partial charge on any atom is -0.301 e. The first kappa shape index (κ1) is 20.2. The van der Waals surface area contributed by atoms with E-state index in [1.165, 1.54) is 23.9 Å². The van der Waals surface area contributed by atoms with E-state index in [0.717, 1.165) is 46.1 Å². The number of nitrogens with zero attached hydrogens (tertiary/aromatic N) is 2. The van der Waals surface area contributed by atoms with E-state index in [9.17, 15) is 18.0 Å². The Hall–Kier alpha value is -2.10. The zero-order chi connectivity index (χ0) is 20.6. The summed E-state index contributed by atoms with van der Waals surface area (Å²) in [5, 5.41) is 0.640. The Kier molecular flexibility index (Phi) is 5.54. The second-order valence-electron chi connectivity index (χ2n) is 6.80. The van der Waals surface area contributed by atoms with Crippen LogP contribution in [0.4, 0.5) is 13.2 Å². The highest BCUT2D eigenvalue weighted by atomic mass is 32.2. The van der Waals surface area contributed by atoms with Crippen molar-refractivity contribution in [1.29, 1.82) is 0 Å². The van der Waals surface area contributed by atoms with E-state index < -0.39 is 11.7 Å². The molecule has 0 unspecified atom stereocenters. The summed E-state index contributed by atoms with van der Waals surface area (Å²) in [5.74, 6) is 0. The van der Waals surface area contributed by atoms with Crippen LogP contribution in [-0.4, -0.2) is 27.7 Å². The average Bonchev–Trinajstić information content (AvgIpc) is 3.16. The van der Waals surface area contributed by atoms with Crippen molar-refractivity contribution in [3.05, 3.63) is 68.4 Å². The van der Waals surface area contributed by atoms with Crippen molar-refractivity contribution in [1.82, 2.24) is 14.9 Å². The molecule has 9 heteroatoms. The lowest BCUT2D eigenvalue weighted by atomic mass is 10.1. The van der Waals surface area contributed by atoms with Crippen LogP contribution < -0.4 is 5.56 Å². The maximum absolute atomic E-state index is 12.7. The van der Waals surface area contributed by atoms with E-state index in [2.05, 4.69) is 14.9 Å². The van der Waals surface area contributed by atoms with E-state index in [0.29, 0.717) is 23.8 Å².